The first kappa shape index (κ1) is 33.1. The van der Waals surface area contributed by atoms with E-state index in [9.17, 15) is 20.1 Å². The van der Waals surface area contributed by atoms with E-state index in [1.807, 2.05) is 13.0 Å². The third-order valence-electron chi connectivity index (χ3n) is 7.64. The second kappa shape index (κ2) is 16.3. The molecule has 2 aliphatic heterocycles. The molecule has 11 atom stereocenters. The Kier molecular flexibility index (Phi) is 13.5. The number of aliphatic hydroxyl groups excluding tert-OH is 4. The second-order valence-corrected chi connectivity index (χ2v) is 10.9. The molecule has 14 nitrogen and oxygen atoms in total. The maximum Gasteiger partial charge on any atom is 0.220 e. The lowest BCUT2D eigenvalue weighted by Gasteiger charge is -2.47. The fourth-order valence-electron chi connectivity index (χ4n) is 5.43. The van der Waals surface area contributed by atoms with Crippen molar-refractivity contribution in [3.05, 3.63) is 11.8 Å². The van der Waals surface area contributed by atoms with Crippen molar-refractivity contribution >= 4 is 5.91 Å². The zero-order valence-corrected chi connectivity index (χ0v) is 23.5. The molecule has 3 aliphatic rings. The minimum atomic E-state index is -1.26. The van der Waals surface area contributed by atoms with E-state index in [0.29, 0.717) is 44.7 Å². The van der Waals surface area contributed by atoms with Crippen LogP contribution in [0.25, 0.3) is 0 Å². The van der Waals surface area contributed by atoms with Crippen LogP contribution in [-0.2, 0) is 23.7 Å². The molecule has 1 unspecified atom stereocenters. The van der Waals surface area contributed by atoms with E-state index in [0.717, 1.165) is 0 Å². The number of nitrogens with two attached hydrogens (primary N) is 2. The Labute approximate surface area is 235 Å². The molecule has 0 aromatic carbocycles. The molecule has 2 heterocycles. The summed E-state index contributed by atoms with van der Waals surface area (Å²) in [6.07, 6.45) is -2.59. The number of likely N-dealkylation sites (N-methyl/N-ethyl adjacent to an activating group) is 1. The van der Waals surface area contributed by atoms with Gasteiger partial charge in [0.25, 0.3) is 0 Å². The molecule has 0 spiro atoms. The van der Waals surface area contributed by atoms with Gasteiger partial charge < -0.3 is 66.8 Å². The molecular weight excluding hydrogens is 526 g/mol. The van der Waals surface area contributed by atoms with Crippen LogP contribution in [0, 0.1) is 5.92 Å². The topological polar surface area (TPSA) is 223 Å². The van der Waals surface area contributed by atoms with E-state index in [2.05, 4.69) is 16.0 Å². The van der Waals surface area contributed by atoms with Gasteiger partial charge in [0.1, 0.15) is 30.2 Å². The number of ether oxygens (including phenoxy) is 4. The molecule has 14 heteroatoms. The Hall–Kier alpha value is -1.43. The first-order valence-electron chi connectivity index (χ1n) is 14.2. The van der Waals surface area contributed by atoms with Gasteiger partial charge in [0.15, 0.2) is 12.6 Å². The summed E-state index contributed by atoms with van der Waals surface area (Å²) in [5.74, 6) is 0.419. The second-order valence-electron chi connectivity index (χ2n) is 10.9. The smallest absolute Gasteiger partial charge is 0.220 e. The number of amides is 1. The molecule has 0 bridgehead atoms. The van der Waals surface area contributed by atoms with Crippen LogP contribution in [0.2, 0.25) is 0 Å². The average Bonchev–Trinajstić information content (AvgIpc) is 2.93. The molecule has 40 heavy (non-hydrogen) atoms. The predicted octanol–water partition coefficient (Wildman–Crippen LogP) is -3.02. The molecule has 3 rings (SSSR count). The summed E-state index contributed by atoms with van der Waals surface area (Å²) in [7, 11) is 1.75. The molecule has 1 amide bonds. The summed E-state index contributed by atoms with van der Waals surface area (Å²) < 4.78 is 24.1. The molecule has 2 fully saturated rings. The Morgan fingerprint density at radius 1 is 1.25 bits per heavy atom. The predicted molar refractivity (Wildman–Crippen MR) is 144 cm³/mol. The number of hydrogen-bond donors (Lipinski definition) is 9. The number of aliphatic hydroxyl groups is 4. The number of carbonyl (C=O) groups excluding carboxylic acids is 1. The Balaban J connectivity index is 1.69. The Morgan fingerprint density at radius 3 is 2.73 bits per heavy atom. The van der Waals surface area contributed by atoms with Crippen LogP contribution in [0.1, 0.15) is 39.0 Å². The number of allylic oxidation sites excluding steroid dienone is 1. The number of nitrogens with one attached hydrogen (secondary N) is 3. The fourth-order valence-corrected chi connectivity index (χ4v) is 5.43. The minimum absolute atomic E-state index is 0.0412. The van der Waals surface area contributed by atoms with E-state index >= 15 is 0 Å². The normalized spacial score (nSPS) is 37.4. The maximum atomic E-state index is 12.6. The molecule has 0 radical (unpaired) electrons. The van der Waals surface area contributed by atoms with E-state index in [4.69, 9.17) is 35.5 Å². The molecule has 1 saturated heterocycles. The van der Waals surface area contributed by atoms with Crippen molar-refractivity contribution in [3.8, 4) is 0 Å². The molecule has 1 aliphatic carbocycles. The molecule has 11 N–H and O–H groups in total. The van der Waals surface area contributed by atoms with Crippen LogP contribution in [0.5, 0.6) is 0 Å². The van der Waals surface area contributed by atoms with Crippen molar-refractivity contribution in [3.63, 3.8) is 0 Å². The van der Waals surface area contributed by atoms with Crippen LogP contribution >= 0.6 is 0 Å². The number of hydrogen-bond acceptors (Lipinski definition) is 13. The van der Waals surface area contributed by atoms with Crippen molar-refractivity contribution in [2.24, 2.45) is 17.4 Å². The highest BCUT2D eigenvalue weighted by Crippen LogP contribution is 2.31. The summed E-state index contributed by atoms with van der Waals surface area (Å²) >= 11 is 0. The van der Waals surface area contributed by atoms with Gasteiger partial charge in [0, 0.05) is 31.5 Å². The summed E-state index contributed by atoms with van der Waals surface area (Å²) in [4.78, 5) is 12.6. The van der Waals surface area contributed by atoms with Crippen LogP contribution in [0.4, 0.5) is 0 Å². The van der Waals surface area contributed by atoms with E-state index in [1.165, 1.54) is 0 Å². The van der Waals surface area contributed by atoms with Crippen molar-refractivity contribution < 1.29 is 44.2 Å². The highest BCUT2D eigenvalue weighted by molar-refractivity contribution is 5.76. The van der Waals surface area contributed by atoms with Crippen molar-refractivity contribution in [2.75, 3.05) is 39.9 Å². The van der Waals surface area contributed by atoms with Gasteiger partial charge in [-0.15, -0.1) is 0 Å². The van der Waals surface area contributed by atoms with Gasteiger partial charge in [-0.25, -0.2) is 0 Å². The van der Waals surface area contributed by atoms with Gasteiger partial charge in [-0.05, 0) is 44.8 Å². The first-order valence-corrected chi connectivity index (χ1v) is 14.2. The fraction of sp³-hybridized carbons (Fsp3) is 0.885. The molecular formula is C26H49N5O9. The maximum absolute atomic E-state index is 12.6. The van der Waals surface area contributed by atoms with E-state index in [-0.39, 0.29) is 43.9 Å². The quantitative estimate of drug-likeness (QED) is 0.101. The van der Waals surface area contributed by atoms with Crippen LogP contribution < -0.4 is 27.4 Å². The van der Waals surface area contributed by atoms with Crippen LogP contribution in [-0.4, -0.2) is 127 Å². The summed E-state index contributed by atoms with van der Waals surface area (Å²) in [6.45, 7) is 2.87. The van der Waals surface area contributed by atoms with Crippen molar-refractivity contribution in [2.45, 2.75) is 100 Å². The van der Waals surface area contributed by atoms with E-state index in [1.54, 1.807) is 7.05 Å². The monoisotopic (exact) mass is 575 g/mol. The average molecular weight is 576 g/mol. The lowest BCUT2D eigenvalue weighted by molar-refractivity contribution is -0.286. The lowest BCUT2D eigenvalue weighted by atomic mass is 9.83. The van der Waals surface area contributed by atoms with Gasteiger partial charge >= 0.3 is 0 Å². The van der Waals surface area contributed by atoms with Gasteiger partial charge in [-0.3, -0.25) is 4.79 Å². The van der Waals surface area contributed by atoms with Gasteiger partial charge in [-0.1, -0.05) is 6.92 Å². The standard InChI is InChI=1S/C26H49N5O9/c1-14-13-37-26(22(35)21(14)29-2)40-25-18(31-19(34)6-4-8-27)9-17(28)24(23(25)36)39-20-7-3-5-16(38-20)11-30-10-15(33)12-32/h5,14-15,17-18,20-26,29-30,32-33,35-36H,3-4,6-13,27-28H2,1-2H3,(H,31,34)/t14-,15?,17+,18-,20-,21+,22-,23+,24-,25+,26-/m1/s1. The SMILES string of the molecule is CN[C@@H]1[C@@H](O)[C@@H](O[C@@H]2[C@@H](O)[C@H](O[C@@H]3CCC=C(CNCC(O)CO)O3)[C@@H](N)C[C@H]2NC(=O)CCCN)OC[C@H]1C. The highest BCUT2D eigenvalue weighted by Gasteiger charge is 2.49. The molecule has 232 valence electrons. The summed E-state index contributed by atoms with van der Waals surface area (Å²) in [5.41, 5.74) is 12.0. The van der Waals surface area contributed by atoms with Gasteiger partial charge in [-0.2, -0.15) is 0 Å². The highest BCUT2D eigenvalue weighted by atomic mass is 16.7. The Morgan fingerprint density at radius 2 is 2.02 bits per heavy atom. The third-order valence-corrected chi connectivity index (χ3v) is 7.64. The summed E-state index contributed by atoms with van der Waals surface area (Å²) in [5, 5.41) is 49.9. The molecule has 0 aromatic heterocycles. The summed E-state index contributed by atoms with van der Waals surface area (Å²) in [6, 6.07) is -1.57. The Bertz CT molecular complexity index is 809. The number of rotatable bonds is 14. The molecule has 1 saturated carbocycles. The van der Waals surface area contributed by atoms with Gasteiger partial charge in [0.05, 0.1) is 31.9 Å². The van der Waals surface area contributed by atoms with Crippen LogP contribution in [0.3, 0.4) is 0 Å². The van der Waals surface area contributed by atoms with Crippen molar-refractivity contribution in [1.82, 2.24) is 16.0 Å². The zero-order valence-electron chi connectivity index (χ0n) is 23.5. The minimum Gasteiger partial charge on any atom is -0.468 e. The van der Waals surface area contributed by atoms with Crippen LogP contribution in [0.15, 0.2) is 11.8 Å². The number of carbonyl (C=O) groups is 1. The third kappa shape index (κ3) is 9.03. The zero-order chi connectivity index (χ0) is 29.2. The lowest BCUT2D eigenvalue weighted by Crippen LogP contribution is -2.67. The van der Waals surface area contributed by atoms with Gasteiger partial charge in [0.2, 0.25) is 5.91 Å². The largest absolute Gasteiger partial charge is 0.468 e. The van der Waals surface area contributed by atoms with E-state index < -0.39 is 55.2 Å². The van der Waals surface area contributed by atoms with Crippen molar-refractivity contribution in [1.29, 1.82) is 0 Å². The molecule has 0 aromatic rings. The first-order chi connectivity index (χ1) is 19.2.